The van der Waals surface area contributed by atoms with Gasteiger partial charge in [-0.15, -0.1) is 0 Å². The number of carboxylic acids is 1. The number of rotatable bonds is 3. The highest BCUT2D eigenvalue weighted by atomic mass is 16.4. The molecule has 0 bridgehead atoms. The Morgan fingerprint density at radius 1 is 0.926 bits per heavy atom. The predicted molar refractivity (Wildman–Crippen MR) is 103 cm³/mol. The van der Waals surface area contributed by atoms with Crippen molar-refractivity contribution in [3.63, 3.8) is 0 Å². The fourth-order valence-electron chi connectivity index (χ4n) is 3.45. The lowest BCUT2D eigenvalue weighted by molar-refractivity contribution is 0.0696. The predicted octanol–water partition coefficient (Wildman–Crippen LogP) is 3.40. The normalized spacial score (nSPS) is 13.2. The minimum Gasteiger partial charge on any atom is -0.478 e. The van der Waals surface area contributed by atoms with Crippen LogP contribution in [0.15, 0.2) is 54.6 Å². The number of hydrogen-bond acceptors (Lipinski definition) is 4. The molecular formula is C21H16N2O4. The van der Waals surface area contributed by atoms with Crippen LogP contribution in [0.5, 0.6) is 0 Å². The number of aromatic carboxylic acids is 1. The molecule has 3 aromatic carbocycles. The molecule has 0 fully saturated rings. The van der Waals surface area contributed by atoms with Crippen LogP contribution in [0.2, 0.25) is 0 Å². The first-order valence-corrected chi connectivity index (χ1v) is 8.35. The zero-order valence-electron chi connectivity index (χ0n) is 14.8. The highest BCUT2D eigenvalue weighted by Gasteiger charge is 2.36. The Kier molecular flexibility index (Phi) is 3.70. The summed E-state index contributed by atoms with van der Waals surface area (Å²) in [5, 5.41) is 10.5. The standard InChI is InChI=1S/C21H16N2O4/c1-22(2)16-11-8-12-4-3-5-15-17(12)18(16)20(25)23(19(15)24)14-9-6-13(7-10-14)21(26)27/h3-11H,1-2H3,(H,26,27). The van der Waals surface area contributed by atoms with Gasteiger partial charge in [-0.2, -0.15) is 0 Å². The number of carboxylic acid groups (broad SMARTS) is 1. The molecule has 0 radical (unpaired) electrons. The fraction of sp³-hybridized carbons (Fsp3) is 0.0952. The van der Waals surface area contributed by atoms with Gasteiger partial charge in [-0.1, -0.05) is 18.2 Å². The maximum atomic E-state index is 13.3. The summed E-state index contributed by atoms with van der Waals surface area (Å²) in [6.45, 7) is 0. The highest BCUT2D eigenvalue weighted by molar-refractivity contribution is 6.37. The summed E-state index contributed by atoms with van der Waals surface area (Å²) in [5.41, 5.74) is 2.07. The average molecular weight is 360 g/mol. The minimum atomic E-state index is -1.07. The second kappa shape index (κ2) is 5.95. The first-order valence-electron chi connectivity index (χ1n) is 8.35. The number of nitrogens with zero attached hydrogens (tertiary/aromatic N) is 2. The molecular weight excluding hydrogens is 344 g/mol. The summed E-state index contributed by atoms with van der Waals surface area (Å²) in [7, 11) is 3.69. The number of anilines is 2. The van der Waals surface area contributed by atoms with Gasteiger partial charge in [0.25, 0.3) is 11.8 Å². The van der Waals surface area contributed by atoms with E-state index in [0.29, 0.717) is 22.2 Å². The van der Waals surface area contributed by atoms with Crippen LogP contribution >= 0.6 is 0 Å². The van der Waals surface area contributed by atoms with Crippen LogP contribution in [0.4, 0.5) is 11.4 Å². The van der Waals surface area contributed by atoms with Crippen LogP contribution in [0, 0.1) is 0 Å². The lowest BCUT2D eigenvalue weighted by atomic mass is 9.92. The molecule has 0 saturated carbocycles. The second-order valence-electron chi connectivity index (χ2n) is 6.56. The largest absolute Gasteiger partial charge is 0.478 e. The van der Waals surface area contributed by atoms with E-state index < -0.39 is 17.8 Å². The number of imide groups is 1. The van der Waals surface area contributed by atoms with Gasteiger partial charge in [0.05, 0.1) is 16.8 Å². The first kappa shape index (κ1) is 16.8. The molecule has 3 aromatic rings. The third kappa shape index (κ3) is 2.45. The van der Waals surface area contributed by atoms with Crippen molar-refractivity contribution in [3.8, 4) is 0 Å². The highest BCUT2D eigenvalue weighted by Crippen LogP contribution is 2.37. The van der Waals surface area contributed by atoms with Crippen molar-refractivity contribution in [1.82, 2.24) is 0 Å². The van der Waals surface area contributed by atoms with Crippen LogP contribution in [-0.4, -0.2) is 37.0 Å². The maximum absolute atomic E-state index is 13.3. The van der Waals surface area contributed by atoms with Crippen molar-refractivity contribution in [2.24, 2.45) is 0 Å². The SMILES string of the molecule is CN(C)c1ccc2cccc3c2c1C(=O)N(c1ccc(C(=O)O)cc1)C3=O. The molecule has 1 aliphatic heterocycles. The van der Waals surface area contributed by atoms with Gasteiger partial charge in [0.2, 0.25) is 0 Å². The molecule has 27 heavy (non-hydrogen) atoms. The van der Waals surface area contributed by atoms with E-state index in [1.807, 2.05) is 37.2 Å². The molecule has 1 N–H and O–H groups in total. The quantitative estimate of drug-likeness (QED) is 0.724. The molecule has 1 aliphatic rings. The second-order valence-corrected chi connectivity index (χ2v) is 6.56. The zero-order chi connectivity index (χ0) is 19.3. The number of hydrogen-bond donors (Lipinski definition) is 1. The minimum absolute atomic E-state index is 0.0899. The van der Waals surface area contributed by atoms with Gasteiger partial charge in [0.1, 0.15) is 0 Å². The Hall–Kier alpha value is -3.67. The summed E-state index contributed by atoms with van der Waals surface area (Å²) < 4.78 is 0. The molecule has 0 unspecified atom stereocenters. The van der Waals surface area contributed by atoms with E-state index in [1.54, 1.807) is 12.1 Å². The Morgan fingerprint density at radius 3 is 2.26 bits per heavy atom. The van der Waals surface area contributed by atoms with E-state index in [9.17, 15) is 14.4 Å². The van der Waals surface area contributed by atoms with E-state index in [2.05, 4.69) is 0 Å². The van der Waals surface area contributed by atoms with Crippen molar-refractivity contribution in [3.05, 3.63) is 71.3 Å². The molecule has 0 atom stereocenters. The molecule has 0 aromatic heterocycles. The molecule has 134 valence electrons. The summed E-state index contributed by atoms with van der Waals surface area (Å²) in [6.07, 6.45) is 0. The van der Waals surface area contributed by atoms with E-state index in [1.165, 1.54) is 24.3 Å². The van der Waals surface area contributed by atoms with Gasteiger partial charge in [0, 0.05) is 30.7 Å². The molecule has 0 aliphatic carbocycles. The summed E-state index contributed by atoms with van der Waals surface area (Å²) in [6, 6.07) is 14.8. The van der Waals surface area contributed by atoms with Crippen LogP contribution < -0.4 is 9.80 Å². The van der Waals surface area contributed by atoms with Crippen LogP contribution in [-0.2, 0) is 0 Å². The molecule has 6 nitrogen and oxygen atoms in total. The third-order valence-corrected chi connectivity index (χ3v) is 4.73. The van der Waals surface area contributed by atoms with Gasteiger partial charge in [-0.25, -0.2) is 9.69 Å². The third-order valence-electron chi connectivity index (χ3n) is 4.73. The fourth-order valence-corrected chi connectivity index (χ4v) is 3.45. The lowest BCUT2D eigenvalue weighted by Gasteiger charge is -2.30. The Morgan fingerprint density at radius 2 is 1.63 bits per heavy atom. The maximum Gasteiger partial charge on any atom is 0.335 e. The Balaban J connectivity index is 1.95. The topological polar surface area (TPSA) is 77.9 Å². The number of amides is 2. The van der Waals surface area contributed by atoms with Crippen molar-refractivity contribution >= 4 is 39.9 Å². The molecule has 6 heteroatoms. The van der Waals surface area contributed by atoms with Crippen LogP contribution in [0.25, 0.3) is 10.8 Å². The van der Waals surface area contributed by atoms with E-state index in [-0.39, 0.29) is 5.56 Å². The summed E-state index contributed by atoms with van der Waals surface area (Å²) >= 11 is 0. The number of benzene rings is 3. The smallest absolute Gasteiger partial charge is 0.335 e. The number of carbonyl (C=O) groups excluding carboxylic acids is 2. The van der Waals surface area contributed by atoms with Gasteiger partial charge >= 0.3 is 5.97 Å². The van der Waals surface area contributed by atoms with Gasteiger partial charge in [-0.05, 0) is 41.8 Å². The van der Waals surface area contributed by atoms with Crippen molar-refractivity contribution < 1.29 is 19.5 Å². The van der Waals surface area contributed by atoms with Crippen molar-refractivity contribution in [1.29, 1.82) is 0 Å². The van der Waals surface area contributed by atoms with E-state index in [0.717, 1.165) is 16.0 Å². The first-order chi connectivity index (χ1) is 12.9. The summed E-state index contributed by atoms with van der Waals surface area (Å²) in [5.74, 6) is -1.91. The zero-order valence-corrected chi connectivity index (χ0v) is 14.8. The van der Waals surface area contributed by atoms with Crippen LogP contribution in [0.1, 0.15) is 31.1 Å². The molecule has 1 heterocycles. The summed E-state index contributed by atoms with van der Waals surface area (Å²) in [4.78, 5) is 40.4. The molecule has 0 saturated heterocycles. The Labute approximate surface area is 155 Å². The van der Waals surface area contributed by atoms with Gasteiger partial charge in [0.15, 0.2) is 0 Å². The van der Waals surface area contributed by atoms with Gasteiger partial charge in [-0.3, -0.25) is 9.59 Å². The molecule has 4 rings (SSSR count). The monoisotopic (exact) mass is 360 g/mol. The van der Waals surface area contributed by atoms with Crippen LogP contribution in [0.3, 0.4) is 0 Å². The van der Waals surface area contributed by atoms with Gasteiger partial charge < -0.3 is 10.0 Å². The van der Waals surface area contributed by atoms with Crippen molar-refractivity contribution in [2.45, 2.75) is 0 Å². The van der Waals surface area contributed by atoms with Crippen molar-refractivity contribution in [2.75, 3.05) is 23.9 Å². The van der Waals surface area contributed by atoms with E-state index >= 15 is 0 Å². The number of carbonyl (C=O) groups is 3. The lowest BCUT2D eigenvalue weighted by Crippen LogP contribution is -2.41. The average Bonchev–Trinajstić information content (AvgIpc) is 2.66. The molecule has 2 amide bonds. The Bertz CT molecular complexity index is 1120. The van der Waals surface area contributed by atoms with E-state index in [4.69, 9.17) is 5.11 Å². The molecule has 0 spiro atoms.